The maximum absolute atomic E-state index is 11.9. The summed E-state index contributed by atoms with van der Waals surface area (Å²) in [5.74, 6) is -0.964. The summed E-state index contributed by atoms with van der Waals surface area (Å²) in [6.45, 7) is 5.29. The lowest BCUT2D eigenvalue weighted by Crippen LogP contribution is -2.54. The van der Waals surface area contributed by atoms with Gasteiger partial charge in [-0.2, -0.15) is 0 Å². The molecule has 0 aromatic heterocycles. The fourth-order valence-corrected chi connectivity index (χ4v) is 2.66. The minimum Gasteiger partial charge on any atom is -0.481 e. The zero-order valence-corrected chi connectivity index (χ0v) is 12.7. The number of rotatable bonds is 5. The van der Waals surface area contributed by atoms with Gasteiger partial charge in [0, 0.05) is 7.11 Å². The van der Waals surface area contributed by atoms with Gasteiger partial charge in [-0.3, -0.25) is 4.79 Å². The number of nitrogens with one attached hydrogen (secondary N) is 1. The van der Waals surface area contributed by atoms with E-state index in [2.05, 4.69) is 5.32 Å². The summed E-state index contributed by atoms with van der Waals surface area (Å²) in [5, 5.41) is 11.7. The molecule has 0 radical (unpaired) electrons. The molecule has 0 spiro atoms. The fraction of sp³-hybridized carbons (Fsp3) is 0.857. The molecule has 1 rings (SSSR count). The molecule has 0 bridgehead atoms. The summed E-state index contributed by atoms with van der Waals surface area (Å²) in [6, 6.07) is -0.581. The van der Waals surface area contributed by atoms with E-state index in [0.29, 0.717) is 0 Å². The number of hydrogen-bond donors (Lipinski definition) is 2. The first-order chi connectivity index (χ1) is 9.18. The number of aliphatic carboxylic acids is 1. The molecule has 6 nitrogen and oxygen atoms in total. The van der Waals surface area contributed by atoms with Crippen LogP contribution in [0.2, 0.25) is 0 Å². The largest absolute Gasteiger partial charge is 0.481 e. The van der Waals surface area contributed by atoms with Gasteiger partial charge in [0.2, 0.25) is 0 Å². The lowest BCUT2D eigenvalue weighted by atomic mass is 9.89. The van der Waals surface area contributed by atoms with E-state index in [0.717, 1.165) is 25.7 Å². The fourth-order valence-electron chi connectivity index (χ4n) is 2.66. The van der Waals surface area contributed by atoms with Gasteiger partial charge in [0.25, 0.3) is 0 Å². The van der Waals surface area contributed by atoms with E-state index in [1.807, 2.05) is 0 Å². The molecule has 116 valence electrons. The summed E-state index contributed by atoms with van der Waals surface area (Å²) in [7, 11) is 1.57. The maximum Gasteiger partial charge on any atom is 0.407 e. The Morgan fingerprint density at radius 1 is 1.30 bits per heavy atom. The predicted octanol–water partition coefficient (Wildman–Crippen LogP) is 2.31. The van der Waals surface area contributed by atoms with Crippen LogP contribution in [0.3, 0.4) is 0 Å². The number of hydrogen-bond acceptors (Lipinski definition) is 4. The van der Waals surface area contributed by atoms with Crippen molar-refractivity contribution in [2.24, 2.45) is 0 Å². The average Bonchev–Trinajstić information content (AvgIpc) is 2.74. The third kappa shape index (κ3) is 4.67. The second-order valence-corrected chi connectivity index (χ2v) is 6.27. The van der Waals surface area contributed by atoms with Crippen molar-refractivity contribution in [2.45, 2.75) is 70.1 Å². The Bertz CT molecular complexity index is 355. The van der Waals surface area contributed by atoms with Crippen LogP contribution in [0.5, 0.6) is 0 Å². The molecule has 0 aromatic carbocycles. The van der Waals surface area contributed by atoms with Crippen LogP contribution < -0.4 is 5.32 Å². The molecule has 1 fully saturated rings. The Labute approximate surface area is 119 Å². The van der Waals surface area contributed by atoms with Crippen LogP contribution >= 0.6 is 0 Å². The molecule has 1 atom stereocenters. The zero-order valence-electron chi connectivity index (χ0n) is 12.7. The van der Waals surface area contributed by atoms with E-state index in [9.17, 15) is 9.59 Å². The molecule has 0 saturated heterocycles. The Hall–Kier alpha value is -1.30. The molecule has 1 aliphatic carbocycles. The maximum atomic E-state index is 11.9. The Morgan fingerprint density at radius 2 is 1.85 bits per heavy atom. The number of carbonyl (C=O) groups is 2. The van der Waals surface area contributed by atoms with Crippen LogP contribution in [0.4, 0.5) is 4.79 Å². The summed E-state index contributed by atoms with van der Waals surface area (Å²) in [6.07, 6.45) is 2.66. The van der Waals surface area contributed by atoms with E-state index in [1.165, 1.54) is 0 Å². The van der Waals surface area contributed by atoms with E-state index in [4.69, 9.17) is 14.6 Å². The van der Waals surface area contributed by atoms with E-state index in [-0.39, 0.29) is 6.42 Å². The summed E-state index contributed by atoms with van der Waals surface area (Å²) >= 11 is 0. The van der Waals surface area contributed by atoms with Crippen molar-refractivity contribution >= 4 is 12.1 Å². The minimum atomic E-state index is -0.964. The average molecular weight is 287 g/mol. The molecule has 2 N–H and O–H groups in total. The van der Waals surface area contributed by atoms with Crippen molar-refractivity contribution in [3.8, 4) is 0 Å². The van der Waals surface area contributed by atoms with E-state index in [1.54, 1.807) is 27.9 Å². The van der Waals surface area contributed by atoms with Gasteiger partial charge in [0.05, 0.1) is 18.1 Å². The first-order valence-electron chi connectivity index (χ1n) is 6.95. The SMILES string of the molecule is COC1(C(CC(=O)O)NC(=O)OC(C)(C)C)CCCC1. The summed E-state index contributed by atoms with van der Waals surface area (Å²) < 4.78 is 10.8. The van der Waals surface area contributed by atoms with Gasteiger partial charge >= 0.3 is 12.1 Å². The van der Waals surface area contributed by atoms with Gasteiger partial charge in [-0.1, -0.05) is 12.8 Å². The normalized spacial score (nSPS) is 19.4. The number of ether oxygens (including phenoxy) is 2. The molecule has 6 heteroatoms. The van der Waals surface area contributed by atoms with Gasteiger partial charge in [-0.25, -0.2) is 4.79 Å². The molecule has 0 aromatic rings. The first kappa shape index (κ1) is 16.8. The van der Waals surface area contributed by atoms with Crippen molar-refractivity contribution in [3.05, 3.63) is 0 Å². The predicted molar refractivity (Wildman–Crippen MR) is 73.6 cm³/mol. The molecular weight excluding hydrogens is 262 g/mol. The van der Waals surface area contributed by atoms with Crippen molar-refractivity contribution in [1.82, 2.24) is 5.32 Å². The van der Waals surface area contributed by atoms with Crippen molar-refractivity contribution in [1.29, 1.82) is 0 Å². The number of carboxylic acid groups (broad SMARTS) is 1. The third-order valence-electron chi connectivity index (χ3n) is 3.56. The van der Waals surface area contributed by atoms with Crippen molar-refractivity contribution in [3.63, 3.8) is 0 Å². The lowest BCUT2D eigenvalue weighted by molar-refractivity contribution is -0.140. The van der Waals surface area contributed by atoms with Crippen LogP contribution in [0.25, 0.3) is 0 Å². The van der Waals surface area contributed by atoms with E-state index < -0.39 is 29.3 Å². The van der Waals surface area contributed by atoms with Crippen molar-refractivity contribution in [2.75, 3.05) is 7.11 Å². The number of carbonyl (C=O) groups excluding carboxylic acids is 1. The van der Waals surface area contributed by atoms with Gasteiger partial charge in [-0.05, 0) is 33.6 Å². The first-order valence-corrected chi connectivity index (χ1v) is 6.95. The molecule has 1 amide bonds. The smallest absolute Gasteiger partial charge is 0.407 e. The third-order valence-corrected chi connectivity index (χ3v) is 3.56. The van der Waals surface area contributed by atoms with Crippen molar-refractivity contribution < 1.29 is 24.2 Å². The van der Waals surface area contributed by atoms with Crippen LogP contribution in [0.1, 0.15) is 52.9 Å². The number of carboxylic acids is 1. The molecule has 20 heavy (non-hydrogen) atoms. The second-order valence-electron chi connectivity index (χ2n) is 6.27. The Morgan fingerprint density at radius 3 is 2.25 bits per heavy atom. The molecule has 0 aliphatic heterocycles. The van der Waals surface area contributed by atoms with Crippen LogP contribution in [0, 0.1) is 0 Å². The Kier molecular flexibility index (Phi) is 5.39. The highest BCUT2D eigenvalue weighted by atomic mass is 16.6. The monoisotopic (exact) mass is 287 g/mol. The zero-order chi connectivity index (χ0) is 15.4. The molecule has 0 heterocycles. The minimum absolute atomic E-state index is 0.174. The highest BCUT2D eigenvalue weighted by Crippen LogP contribution is 2.37. The number of methoxy groups -OCH3 is 1. The Balaban J connectivity index is 2.79. The number of amides is 1. The molecule has 1 unspecified atom stereocenters. The molecular formula is C14H25NO5. The highest BCUT2D eigenvalue weighted by molar-refractivity contribution is 5.72. The summed E-state index contributed by atoms with van der Waals surface area (Å²) in [4.78, 5) is 22.9. The van der Waals surface area contributed by atoms with Gasteiger partial charge in [0.15, 0.2) is 0 Å². The standard InChI is InChI=1S/C14H25NO5/c1-13(2,3)20-12(18)15-10(9-11(16)17)14(19-4)7-5-6-8-14/h10H,5-9H2,1-4H3,(H,15,18)(H,16,17). The van der Waals surface area contributed by atoms with Gasteiger partial charge < -0.3 is 19.9 Å². The van der Waals surface area contributed by atoms with Gasteiger partial charge in [0.1, 0.15) is 5.60 Å². The van der Waals surface area contributed by atoms with Crippen LogP contribution in [0.15, 0.2) is 0 Å². The quantitative estimate of drug-likeness (QED) is 0.810. The topological polar surface area (TPSA) is 84.9 Å². The number of alkyl carbamates (subject to hydrolysis) is 1. The van der Waals surface area contributed by atoms with Gasteiger partial charge in [-0.15, -0.1) is 0 Å². The van der Waals surface area contributed by atoms with E-state index >= 15 is 0 Å². The second kappa shape index (κ2) is 6.43. The highest BCUT2D eigenvalue weighted by Gasteiger charge is 2.43. The summed E-state index contributed by atoms with van der Waals surface area (Å²) in [5.41, 5.74) is -1.22. The van der Waals surface area contributed by atoms with Crippen LogP contribution in [-0.4, -0.2) is 41.5 Å². The van der Waals surface area contributed by atoms with Crippen LogP contribution in [-0.2, 0) is 14.3 Å². The lowest BCUT2D eigenvalue weighted by Gasteiger charge is -2.36. The molecule has 1 aliphatic rings. The molecule has 1 saturated carbocycles.